The van der Waals surface area contributed by atoms with Crippen LogP contribution in [0.2, 0.25) is 0 Å². The lowest BCUT2D eigenvalue weighted by atomic mass is 10.1. The topological polar surface area (TPSA) is 62.5 Å². The molecule has 0 radical (unpaired) electrons. The first-order chi connectivity index (χ1) is 10.1. The number of nitrogen functional groups attached to an aromatic ring is 1. The fraction of sp³-hybridized carbons (Fsp3) is 0.333. The van der Waals surface area contributed by atoms with Gasteiger partial charge in [0.2, 0.25) is 0 Å². The van der Waals surface area contributed by atoms with Gasteiger partial charge in [0.15, 0.2) is 5.13 Å². The Bertz CT molecular complexity index is 656. The molecule has 2 N–H and O–H groups in total. The Hall–Kier alpha value is -1.50. The van der Waals surface area contributed by atoms with Gasteiger partial charge in [0.25, 0.3) is 5.91 Å². The minimum Gasteiger partial charge on any atom is -0.398 e. The quantitative estimate of drug-likeness (QED) is 0.820. The third-order valence-corrected chi connectivity index (χ3v) is 4.65. The molecule has 0 saturated carbocycles. The van der Waals surface area contributed by atoms with Gasteiger partial charge in [0.05, 0.1) is 11.3 Å². The highest BCUT2D eigenvalue weighted by Gasteiger charge is 2.24. The molecule has 0 bridgehead atoms. The standard InChI is InChI=1S/C15H18N4OS.2ClH/c1-11-10-21-15(17-11)19-8-6-18(7-9-19)14(20)12-4-2-3-5-13(12)16;;/h2-5,10H,6-9,16H2,1H3;2*1H. The number of nitrogens with two attached hydrogens (primary N) is 1. The Morgan fingerprint density at radius 2 is 1.83 bits per heavy atom. The maximum atomic E-state index is 12.5. The number of piperazine rings is 1. The Balaban J connectivity index is 0.00000132. The highest BCUT2D eigenvalue weighted by Crippen LogP contribution is 2.22. The number of aryl methyl sites for hydroxylation is 1. The predicted octanol–water partition coefficient (Wildman–Crippen LogP) is 2.84. The maximum Gasteiger partial charge on any atom is 0.256 e. The van der Waals surface area contributed by atoms with Gasteiger partial charge >= 0.3 is 0 Å². The average molecular weight is 375 g/mol. The molecule has 0 unspecified atom stereocenters. The number of nitrogens with zero attached hydrogens (tertiary/aromatic N) is 3. The molecule has 1 fully saturated rings. The summed E-state index contributed by atoms with van der Waals surface area (Å²) in [6, 6.07) is 7.24. The van der Waals surface area contributed by atoms with Crippen LogP contribution in [0.3, 0.4) is 0 Å². The average Bonchev–Trinajstić information content (AvgIpc) is 2.94. The van der Waals surface area contributed by atoms with Gasteiger partial charge in [-0.3, -0.25) is 4.79 Å². The molecule has 2 heterocycles. The lowest BCUT2D eigenvalue weighted by molar-refractivity contribution is 0.0748. The molecule has 1 aliphatic heterocycles. The first-order valence-corrected chi connectivity index (χ1v) is 7.84. The third-order valence-electron chi connectivity index (χ3n) is 3.64. The minimum atomic E-state index is 0. The number of hydrogen-bond donors (Lipinski definition) is 1. The number of anilines is 2. The van der Waals surface area contributed by atoms with Gasteiger partial charge in [-0.15, -0.1) is 36.2 Å². The molecule has 3 rings (SSSR count). The fourth-order valence-electron chi connectivity index (χ4n) is 2.45. The number of para-hydroxylation sites is 1. The van der Waals surface area contributed by atoms with E-state index >= 15 is 0 Å². The van der Waals surface area contributed by atoms with Crippen molar-refractivity contribution in [2.45, 2.75) is 6.92 Å². The summed E-state index contributed by atoms with van der Waals surface area (Å²) in [6.45, 7) is 5.02. The van der Waals surface area contributed by atoms with Crippen molar-refractivity contribution in [3.05, 3.63) is 40.9 Å². The second kappa shape index (κ2) is 8.38. The maximum absolute atomic E-state index is 12.5. The number of hydrogen-bond acceptors (Lipinski definition) is 5. The van der Waals surface area contributed by atoms with E-state index in [0.717, 1.165) is 23.9 Å². The van der Waals surface area contributed by atoms with Gasteiger partial charge in [0.1, 0.15) is 0 Å². The molecule has 8 heteroatoms. The monoisotopic (exact) mass is 374 g/mol. The molecule has 2 aromatic rings. The molecule has 1 aromatic carbocycles. The summed E-state index contributed by atoms with van der Waals surface area (Å²) >= 11 is 1.66. The molecule has 1 aromatic heterocycles. The summed E-state index contributed by atoms with van der Waals surface area (Å²) in [5.41, 5.74) is 8.07. The van der Waals surface area contributed by atoms with Crippen LogP contribution in [0.15, 0.2) is 29.6 Å². The van der Waals surface area contributed by atoms with E-state index in [1.54, 1.807) is 23.5 Å². The summed E-state index contributed by atoms with van der Waals surface area (Å²) in [5.74, 6) is 0.0167. The summed E-state index contributed by atoms with van der Waals surface area (Å²) in [7, 11) is 0. The molecule has 0 spiro atoms. The Kier molecular flexibility index (Phi) is 7.12. The van der Waals surface area contributed by atoms with Crippen LogP contribution in [0.1, 0.15) is 16.1 Å². The third kappa shape index (κ3) is 4.28. The van der Waals surface area contributed by atoms with E-state index in [1.807, 2.05) is 24.0 Å². The summed E-state index contributed by atoms with van der Waals surface area (Å²) in [6.07, 6.45) is 0. The molecule has 126 valence electrons. The van der Waals surface area contributed by atoms with Crippen molar-refractivity contribution < 1.29 is 4.79 Å². The number of benzene rings is 1. The number of halogens is 2. The van der Waals surface area contributed by atoms with Crippen LogP contribution < -0.4 is 10.6 Å². The Labute approximate surface area is 152 Å². The van der Waals surface area contributed by atoms with Crippen LogP contribution in [0.25, 0.3) is 0 Å². The van der Waals surface area contributed by atoms with Crippen LogP contribution in [-0.2, 0) is 0 Å². The van der Waals surface area contributed by atoms with Crippen molar-refractivity contribution >= 4 is 52.9 Å². The number of amides is 1. The van der Waals surface area contributed by atoms with Gasteiger partial charge in [-0.1, -0.05) is 12.1 Å². The zero-order chi connectivity index (χ0) is 14.8. The van der Waals surface area contributed by atoms with Crippen molar-refractivity contribution in [3.8, 4) is 0 Å². The number of rotatable bonds is 2. The molecular formula is C15H20Cl2N4OS. The Morgan fingerprint density at radius 3 is 2.39 bits per heavy atom. The molecule has 1 aliphatic rings. The van der Waals surface area contributed by atoms with E-state index in [4.69, 9.17) is 5.73 Å². The molecule has 23 heavy (non-hydrogen) atoms. The van der Waals surface area contributed by atoms with E-state index in [1.165, 1.54) is 0 Å². The number of carbonyl (C=O) groups excluding carboxylic acids is 1. The van der Waals surface area contributed by atoms with Crippen molar-refractivity contribution in [1.29, 1.82) is 0 Å². The zero-order valence-electron chi connectivity index (χ0n) is 12.8. The van der Waals surface area contributed by atoms with Crippen LogP contribution in [-0.4, -0.2) is 42.0 Å². The SMILES string of the molecule is Cc1csc(N2CCN(C(=O)c3ccccc3N)CC2)n1.Cl.Cl. The largest absolute Gasteiger partial charge is 0.398 e. The van der Waals surface area contributed by atoms with Gasteiger partial charge < -0.3 is 15.5 Å². The van der Waals surface area contributed by atoms with Crippen molar-refractivity contribution in [1.82, 2.24) is 9.88 Å². The molecule has 0 atom stereocenters. The van der Waals surface area contributed by atoms with Crippen LogP contribution in [0.4, 0.5) is 10.8 Å². The molecule has 1 amide bonds. The first kappa shape index (κ1) is 19.5. The van der Waals surface area contributed by atoms with Crippen LogP contribution in [0, 0.1) is 6.92 Å². The van der Waals surface area contributed by atoms with E-state index in [0.29, 0.717) is 24.3 Å². The van der Waals surface area contributed by atoms with Crippen LogP contribution >= 0.6 is 36.2 Å². The van der Waals surface area contributed by atoms with Gasteiger partial charge in [-0.25, -0.2) is 4.98 Å². The fourth-order valence-corrected chi connectivity index (χ4v) is 3.31. The smallest absolute Gasteiger partial charge is 0.256 e. The normalized spacial score (nSPS) is 14.0. The van der Waals surface area contributed by atoms with E-state index in [-0.39, 0.29) is 30.7 Å². The lowest BCUT2D eigenvalue weighted by Crippen LogP contribution is -2.48. The van der Waals surface area contributed by atoms with E-state index < -0.39 is 0 Å². The van der Waals surface area contributed by atoms with E-state index in [9.17, 15) is 4.79 Å². The van der Waals surface area contributed by atoms with Crippen molar-refractivity contribution in [2.75, 3.05) is 36.8 Å². The highest BCUT2D eigenvalue weighted by atomic mass is 35.5. The molecule has 5 nitrogen and oxygen atoms in total. The highest BCUT2D eigenvalue weighted by molar-refractivity contribution is 7.13. The number of aromatic nitrogens is 1. The number of thiazole rings is 1. The predicted molar refractivity (Wildman–Crippen MR) is 100 cm³/mol. The van der Waals surface area contributed by atoms with E-state index in [2.05, 4.69) is 15.3 Å². The Morgan fingerprint density at radius 1 is 1.17 bits per heavy atom. The zero-order valence-corrected chi connectivity index (χ0v) is 15.2. The summed E-state index contributed by atoms with van der Waals surface area (Å²) in [5, 5.41) is 3.09. The molecule has 1 saturated heterocycles. The van der Waals surface area contributed by atoms with Gasteiger partial charge in [-0.05, 0) is 19.1 Å². The summed E-state index contributed by atoms with van der Waals surface area (Å²) in [4.78, 5) is 21.1. The second-order valence-corrected chi connectivity index (χ2v) is 5.97. The summed E-state index contributed by atoms with van der Waals surface area (Å²) < 4.78 is 0. The first-order valence-electron chi connectivity index (χ1n) is 6.96. The number of carbonyl (C=O) groups is 1. The molecule has 0 aliphatic carbocycles. The lowest BCUT2D eigenvalue weighted by Gasteiger charge is -2.34. The van der Waals surface area contributed by atoms with Crippen LogP contribution in [0.5, 0.6) is 0 Å². The van der Waals surface area contributed by atoms with Crippen molar-refractivity contribution in [3.63, 3.8) is 0 Å². The second-order valence-electron chi connectivity index (χ2n) is 5.14. The molecular weight excluding hydrogens is 355 g/mol. The van der Waals surface area contributed by atoms with Gasteiger partial charge in [0, 0.05) is 37.2 Å². The van der Waals surface area contributed by atoms with Gasteiger partial charge in [-0.2, -0.15) is 0 Å². The minimum absolute atomic E-state index is 0. The van der Waals surface area contributed by atoms with Crippen molar-refractivity contribution in [2.24, 2.45) is 0 Å².